The molecule has 0 aliphatic heterocycles. The van der Waals surface area contributed by atoms with Crippen LogP contribution in [-0.4, -0.2) is 40.8 Å². The maximum absolute atomic E-state index is 11.7. The number of rotatable bonds is 6. The molecule has 0 saturated heterocycles. The molecule has 0 aromatic carbocycles. The van der Waals surface area contributed by atoms with Gasteiger partial charge >= 0.3 is 0 Å². The van der Waals surface area contributed by atoms with Gasteiger partial charge in [0, 0.05) is 25.2 Å². The molecule has 102 valence electrons. The summed E-state index contributed by atoms with van der Waals surface area (Å²) in [5.41, 5.74) is -0.138. The Morgan fingerprint density at radius 3 is 2.72 bits per heavy atom. The Morgan fingerprint density at radius 1 is 1.44 bits per heavy atom. The second kappa shape index (κ2) is 6.49. The molecule has 0 radical (unpaired) electrons. The van der Waals surface area contributed by atoms with Crippen LogP contribution >= 0.6 is 0 Å². The first-order valence-electron chi connectivity index (χ1n) is 6.24. The maximum Gasteiger partial charge on any atom is 0.290 e. The molecule has 0 atom stereocenters. The zero-order valence-corrected chi connectivity index (χ0v) is 11.5. The molecular formula is C12H22N4O2. The molecular weight excluding hydrogens is 232 g/mol. The number of carbonyl (C=O) groups is 1. The number of nitrogens with zero attached hydrogens (tertiary/aromatic N) is 2. The molecule has 1 heterocycles. The second-order valence-corrected chi connectivity index (χ2v) is 5.06. The largest absolute Gasteiger partial charge is 0.382 e. The first-order valence-corrected chi connectivity index (χ1v) is 6.24. The minimum atomic E-state index is -0.252. The van der Waals surface area contributed by atoms with E-state index in [1.165, 1.54) is 0 Å². The van der Waals surface area contributed by atoms with E-state index < -0.39 is 0 Å². The van der Waals surface area contributed by atoms with Gasteiger partial charge in [-0.15, -0.1) is 5.10 Å². The highest BCUT2D eigenvalue weighted by atomic mass is 16.5. The standard InChI is InChI=1S/C12H22N4O2/c1-5-18-8-6-7-13-10(17)9-14-11(16-15-9)12(2,3)4/h5-8H2,1-4H3,(H,13,17)(H,14,15,16). The highest BCUT2D eigenvalue weighted by molar-refractivity contribution is 5.90. The topological polar surface area (TPSA) is 79.9 Å². The average molecular weight is 254 g/mol. The van der Waals surface area contributed by atoms with Crippen LogP contribution < -0.4 is 5.32 Å². The van der Waals surface area contributed by atoms with E-state index in [4.69, 9.17) is 4.74 Å². The van der Waals surface area contributed by atoms with E-state index in [0.29, 0.717) is 25.6 Å². The maximum atomic E-state index is 11.7. The molecule has 6 nitrogen and oxygen atoms in total. The number of aromatic nitrogens is 3. The smallest absolute Gasteiger partial charge is 0.290 e. The number of hydrogen-bond acceptors (Lipinski definition) is 4. The van der Waals surface area contributed by atoms with E-state index in [9.17, 15) is 4.79 Å². The molecule has 1 aromatic heterocycles. The lowest BCUT2D eigenvalue weighted by Crippen LogP contribution is -2.26. The Bertz CT molecular complexity index is 382. The fraction of sp³-hybridized carbons (Fsp3) is 0.750. The highest BCUT2D eigenvalue weighted by Crippen LogP contribution is 2.17. The van der Waals surface area contributed by atoms with E-state index >= 15 is 0 Å². The van der Waals surface area contributed by atoms with Crippen LogP contribution in [0.1, 0.15) is 50.6 Å². The molecule has 18 heavy (non-hydrogen) atoms. The molecule has 6 heteroatoms. The third kappa shape index (κ3) is 4.44. The van der Waals surface area contributed by atoms with E-state index in [1.54, 1.807) is 0 Å². The molecule has 0 aliphatic carbocycles. The first kappa shape index (κ1) is 14.6. The molecule has 0 unspecified atom stereocenters. The molecule has 0 aliphatic rings. The SMILES string of the molecule is CCOCCCNC(=O)c1n[nH]c(C(C)(C)C)n1. The summed E-state index contributed by atoms with van der Waals surface area (Å²) in [4.78, 5) is 15.9. The van der Waals surface area contributed by atoms with Gasteiger partial charge in [-0.25, -0.2) is 4.98 Å². The Labute approximate surface area is 108 Å². The Hall–Kier alpha value is -1.43. The van der Waals surface area contributed by atoms with Gasteiger partial charge in [0.05, 0.1) is 0 Å². The van der Waals surface area contributed by atoms with Crippen molar-refractivity contribution in [3.63, 3.8) is 0 Å². The van der Waals surface area contributed by atoms with Crippen molar-refractivity contribution in [1.29, 1.82) is 0 Å². The lowest BCUT2D eigenvalue weighted by atomic mass is 9.96. The van der Waals surface area contributed by atoms with Crippen molar-refractivity contribution in [3.05, 3.63) is 11.6 Å². The number of amides is 1. The number of carbonyl (C=O) groups excluding carboxylic acids is 1. The van der Waals surface area contributed by atoms with Crippen molar-refractivity contribution in [2.75, 3.05) is 19.8 Å². The van der Waals surface area contributed by atoms with Crippen LogP contribution in [-0.2, 0) is 10.2 Å². The van der Waals surface area contributed by atoms with Gasteiger partial charge in [-0.2, -0.15) is 0 Å². The van der Waals surface area contributed by atoms with Crippen molar-refractivity contribution in [3.8, 4) is 0 Å². The van der Waals surface area contributed by atoms with Gasteiger partial charge in [0.25, 0.3) is 5.91 Å². The normalized spacial score (nSPS) is 11.6. The van der Waals surface area contributed by atoms with E-state index in [-0.39, 0.29) is 17.1 Å². The number of ether oxygens (including phenoxy) is 1. The lowest BCUT2D eigenvalue weighted by Gasteiger charge is -2.12. The molecule has 1 rings (SSSR count). The van der Waals surface area contributed by atoms with Crippen molar-refractivity contribution in [2.45, 2.75) is 39.5 Å². The minimum absolute atomic E-state index is 0.138. The average Bonchev–Trinajstić information content (AvgIpc) is 2.77. The van der Waals surface area contributed by atoms with Gasteiger partial charge < -0.3 is 10.1 Å². The zero-order chi connectivity index (χ0) is 13.6. The molecule has 2 N–H and O–H groups in total. The van der Waals surface area contributed by atoms with Gasteiger partial charge in [0.2, 0.25) is 5.82 Å². The summed E-state index contributed by atoms with van der Waals surface area (Å²) in [5, 5.41) is 9.47. The second-order valence-electron chi connectivity index (χ2n) is 5.06. The summed E-state index contributed by atoms with van der Waals surface area (Å²) >= 11 is 0. The highest BCUT2D eigenvalue weighted by Gasteiger charge is 2.20. The van der Waals surface area contributed by atoms with Gasteiger partial charge in [-0.3, -0.25) is 9.89 Å². The monoisotopic (exact) mass is 254 g/mol. The summed E-state index contributed by atoms with van der Waals surface area (Å²) in [7, 11) is 0. The van der Waals surface area contributed by atoms with E-state index in [0.717, 1.165) is 6.42 Å². The summed E-state index contributed by atoms with van der Waals surface area (Å²) in [5.74, 6) is 0.650. The summed E-state index contributed by atoms with van der Waals surface area (Å²) in [6.07, 6.45) is 0.788. The van der Waals surface area contributed by atoms with Crippen molar-refractivity contribution in [1.82, 2.24) is 20.5 Å². The fourth-order valence-corrected chi connectivity index (χ4v) is 1.30. The van der Waals surface area contributed by atoms with Crippen molar-refractivity contribution >= 4 is 5.91 Å². The fourth-order valence-electron chi connectivity index (χ4n) is 1.30. The molecule has 1 amide bonds. The number of aromatic amines is 1. The van der Waals surface area contributed by atoms with Crippen LogP contribution in [0.25, 0.3) is 0 Å². The summed E-state index contributed by atoms with van der Waals surface area (Å²) < 4.78 is 5.18. The van der Waals surface area contributed by atoms with Crippen LogP contribution in [0.4, 0.5) is 0 Å². The third-order valence-electron chi connectivity index (χ3n) is 2.35. The summed E-state index contributed by atoms with van der Waals surface area (Å²) in [6.45, 7) is 9.89. The minimum Gasteiger partial charge on any atom is -0.382 e. The van der Waals surface area contributed by atoms with Crippen molar-refractivity contribution < 1.29 is 9.53 Å². The van der Waals surface area contributed by atoms with Crippen LogP contribution in [0, 0.1) is 0 Å². The molecule has 0 bridgehead atoms. The van der Waals surface area contributed by atoms with Gasteiger partial charge in [-0.1, -0.05) is 20.8 Å². The molecule has 0 fully saturated rings. The van der Waals surface area contributed by atoms with Crippen LogP contribution in [0.3, 0.4) is 0 Å². The van der Waals surface area contributed by atoms with Gasteiger partial charge in [-0.05, 0) is 13.3 Å². The van der Waals surface area contributed by atoms with E-state index in [1.807, 2.05) is 27.7 Å². The molecule has 0 saturated carbocycles. The quantitative estimate of drug-likeness (QED) is 0.749. The zero-order valence-electron chi connectivity index (χ0n) is 11.5. The molecule has 1 aromatic rings. The number of nitrogens with one attached hydrogen (secondary N) is 2. The Morgan fingerprint density at radius 2 is 2.17 bits per heavy atom. The Balaban J connectivity index is 2.40. The number of H-pyrrole nitrogens is 1. The lowest BCUT2D eigenvalue weighted by molar-refractivity contribution is 0.0934. The Kier molecular flexibility index (Phi) is 5.27. The predicted molar refractivity (Wildman–Crippen MR) is 68.5 cm³/mol. The van der Waals surface area contributed by atoms with Crippen LogP contribution in [0.2, 0.25) is 0 Å². The number of hydrogen-bond donors (Lipinski definition) is 2. The van der Waals surface area contributed by atoms with Crippen molar-refractivity contribution in [2.24, 2.45) is 0 Å². The van der Waals surface area contributed by atoms with E-state index in [2.05, 4.69) is 20.5 Å². The van der Waals surface area contributed by atoms with Crippen LogP contribution in [0.5, 0.6) is 0 Å². The first-order chi connectivity index (χ1) is 8.45. The molecule has 0 spiro atoms. The van der Waals surface area contributed by atoms with Crippen LogP contribution in [0.15, 0.2) is 0 Å². The summed E-state index contributed by atoms with van der Waals surface area (Å²) in [6, 6.07) is 0. The predicted octanol–water partition coefficient (Wildman–Crippen LogP) is 1.26. The van der Waals surface area contributed by atoms with Gasteiger partial charge in [0.1, 0.15) is 5.82 Å². The van der Waals surface area contributed by atoms with Gasteiger partial charge in [0.15, 0.2) is 0 Å². The third-order valence-corrected chi connectivity index (χ3v) is 2.35.